The van der Waals surface area contributed by atoms with Crippen LogP contribution < -0.4 is 10.2 Å². The van der Waals surface area contributed by atoms with Crippen molar-refractivity contribution >= 4 is 26.8 Å². The molecular weight excluding hydrogens is 454 g/mol. The molecule has 178 valence electrons. The van der Waals surface area contributed by atoms with E-state index in [1.54, 1.807) is 17.6 Å². The predicted octanol–water partition coefficient (Wildman–Crippen LogP) is 3.58. The van der Waals surface area contributed by atoms with Gasteiger partial charge in [0, 0.05) is 29.7 Å². The molecule has 1 aliphatic rings. The minimum atomic E-state index is -3.86. The molecular formula is C25H27N3O5S. The highest BCUT2D eigenvalue weighted by Crippen LogP contribution is 2.29. The third-order valence-corrected chi connectivity index (χ3v) is 8.03. The summed E-state index contributed by atoms with van der Waals surface area (Å²) >= 11 is 0. The number of hydroxylamine groups is 1. The van der Waals surface area contributed by atoms with Crippen LogP contribution in [0.25, 0.3) is 10.9 Å². The van der Waals surface area contributed by atoms with E-state index in [4.69, 9.17) is 9.94 Å². The Labute approximate surface area is 198 Å². The van der Waals surface area contributed by atoms with Crippen molar-refractivity contribution in [1.82, 2.24) is 14.8 Å². The van der Waals surface area contributed by atoms with E-state index in [0.29, 0.717) is 25.2 Å². The fourth-order valence-corrected chi connectivity index (χ4v) is 5.70. The molecule has 0 radical (unpaired) electrons. The zero-order valence-electron chi connectivity index (χ0n) is 19.0. The normalized spacial score (nSPS) is 18.2. The number of hydrogen-bond donors (Lipinski definition) is 2. The summed E-state index contributed by atoms with van der Waals surface area (Å²) in [7, 11) is -2.40. The molecule has 3 aromatic rings. The Morgan fingerprint density at radius 1 is 1.15 bits per heavy atom. The number of amides is 1. The van der Waals surface area contributed by atoms with Crippen molar-refractivity contribution in [3.05, 3.63) is 78.0 Å². The number of rotatable bonds is 7. The van der Waals surface area contributed by atoms with Gasteiger partial charge in [0.25, 0.3) is 0 Å². The summed E-state index contributed by atoms with van der Waals surface area (Å²) in [6.07, 6.45) is 4.40. The van der Waals surface area contributed by atoms with E-state index >= 15 is 0 Å². The molecule has 2 aromatic carbocycles. The summed E-state index contributed by atoms with van der Waals surface area (Å²) in [5.41, 5.74) is 4.44. The number of carbonyl (C=O) groups excluding carboxylic acids is 1. The number of nitrogens with zero attached hydrogens (tertiary/aromatic N) is 2. The van der Waals surface area contributed by atoms with E-state index in [1.807, 2.05) is 49.4 Å². The maximum absolute atomic E-state index is 13.2. The third-order valence-electron chi connectivity index (χ3n) is 6.14. The molecule has 0 bridgehead atoms. The number of hydrogen-bond acceptors (Lipinski definition) is 6. The van der Waals surface area contributed by atoms with E-state index in [2.05, 4.69) is 4.98 Å². The average molecular weight is 482 g/mol. The number of aryl methyl sites for hydroxylation is 1. The smallest absolute Gasteiger partial charge is 0.248 e. The number of aromatic nitrogens is 1. The Bertz CT molecular complexity index is 1320. The third kappa shape index (κ3) is 4.82. The summed E-state index contributed by atoms with van der Waals surface area (Å²) in [4.78, 5) is 16.7. The van der Waals surface area contributed by atoms with Crippen molar-refractivity contribution in [1.29, 1.82) is 0 Å². The van der Waals surface area contributed by atoms with Crippen LogP contribution in [-0.4, -0.2) is 41.9 Å². The highest BCUT2D eigenvalue weighted by molar-refractivity contribution is 7.89. The Morgan fingerprint density at radius 2 is 1.85 bits per heavy atom. The molecule has 0 aliphatic heterocycles. The molecule has 1 heterocycles. The van der Waals surface area contributed by atoms with Gasteiger partial charge in [-0.25, -0.2) is 13.9 Å². The zero-order valence-corrected chi connectivity index (χ0v) is 19.8. The van der Waals surface area contributed by atoms with Crippen molar-refractivity contribution in [3.63, 3.8) is 0 Å². The number of allylic oxidation sites excluding steroid dienone is 1. The fraction of sp³-hybridized carbons (Fsp3) is 0.280. The van der Waals surface area contributed by atoms with Gasteiger partial charge in [0.2, 0.25) is 15.9 Å². The lowest BCUT2D eigenvalue weighted by Gasteiger charge is -2.33. The highest BCUT2D eigenvalue weighted by Gasteiger charge is 2.37. The standard InChI is InChI=1S/C25H27N3O5S/c1-17-15-18(21-7-3-5-9-23(21)26-17)16-33-19-11-13-20(14-12-19)34(31,32)28(2)24-10-6-4-8-22(24)25(29)27-30/h3-7,9,11-15,22,24,30H,8,10,16H2,1-2H3,(H,27,29). The molecule has 2 N–H and O–H groups in total. The van der Waals surface area contributed by atoms with Crippen LogP contribution in [0.4, 0.5) is 0 Å². The Balaban J connectivity index is 1.50. The first-order chi connectivity index (χ1) is 16.3. The first kappa shape index (κ1) is 23.9. The Kier molecular flexibility index (Phi) is 6.97. The number of carbonyl (C=O) groups is 1. The van der Waals surface area contributed by atoms with E-state index in [9.17, 15) is 13.2 Å². The zero-order chi connectivity index (χ0) is 24.3. The van der Waals surface area contributed by atoms with Gasteiger partial charge in [-0.3, -0.25) is 15.0 Å². The Morgan fingerprint density at radius 3 is 2.59 bits per heavy atom. The molecule has 1 aromatic heterocycles. The molecule has 4 rings (SSSR count). The number of fused-ring (bicyclic) bond motifs is 1. The van der Waals surface area contributed by atoms with E-state index in [-0.39, 0.29) is 4.90 Å². The second-order valence-electron chi connectivity index (χ2n) is 8.31. The predicted molar refractivity (Wildman–Crippen MR) is 128 cm³/mol. The summed E-state index contributed by atoms with van der Waals surface area (Å²) in [6.45, 7) is 2.26. The summed E-state index contributed by atoms with van der Waals surface area (Å²) in [5.74, 6) is -0.728. The van der Waals surface area contributed by atoms with Gasteiger partial charge in [-0.15, -0.1) is 0 Å². The van der Waals surface area contributed by atoms with Crippen molar-refractivity contribution in [2.75, 3.05) is 7.05 Å². The van der Waals surface area contributed by atoms with Crippen molar-refractivity contribution < 1.29 is 23.2 Å². The van der Waals surface area contributed by atoms with Gasteiger partial charge in [-0.2, -0.15) is 4.31 Å². The highest BCUT2D eigenvalue weighted by atomic mass is 32.2. The number of sulfonamides is 1. The van der Waals surface area contributed by atoms with E-state index < -0.39 is 27.9 Å². The number of benzene rings is 2. The van der Waals surface area contributed by atoms with E-state index in [0.717, 1.165) is 22.2 Å². The van der Waals surface area contributed by atoms with Crippen LogP contribution in [0.1, 0.15) is 24.1 Å². The molecule has 0 fully saturated rings. The first-order valence-corrected chi connectivity index (χ1v) is 12.4. The molecule has 0 saturated carbocycles. The van der Waals surface area contributed by atoms with Crippen LogP contribution in [0.3, 0.4) is 0 Å². The number of pyridine rings is 1. The fourth-order valence-electron chi connectivity index (χ4n) is 4.29. The van der Waals surface area contributed by atoms with Crippen LogP contribution in [0.2, 0.25) is 0 Å². The molecule has 2 unspecified atom stereocenters. The maximum Gasteiger partial charge on any atom is 0.248 e. The molecule has 8 nitrogen and oxygen atoms in total. The van der Waals surface area contributed by atoms with Gasteiger partial charge in [0.15, 0.2) is 0 Å². The van der Waals surface area contributed by atoms with Crippen LogP contribution >= 0.6 is 0 Å². The minimum Gasteiger partial charge on any atom is -0.489 e. The molecule has 0 saturated heterocycles. The Hall–Kier alpha value is -3.27. The lowest BCUT2D eigenvalue weighted by atomic mass is 9.88. The number of nitrogens with one attached hydrogen (secondary N) is 1. The second-order valence-corrected chi connectivity index (χ2v) is 10.3. The van der Waals surface area contributed by atoms with Gasteiger partial charge < -0.3 is 4.74 Å². The van der Waals surface area contributed by atoms with Gasteiger partial charge in [-0.1, -0.05) is 30.4 Å². The number of ether oxygens (including phenoxy) is 1. The molecule has 34 heavy (non-hydrogen) atoms. The van der Waals surface area contributed by atoms with Crippen LogP contribution in [0.5, 0.6) is 5.75 Å². The summed E-state index contributed by atoms with van der Waals surface area (Å²) < 4.78 is 33.6. The average Bonchev–Trinajstić information content (AvgIpc) is 2.86. The van der Waals surface area contributed by atoms with Gasteiger partial charge >= 0.3 is 0 Å². The topological polar surface area (TPSA) is 109 Å². The molecule has 1 amide bonds. The van der Waals surface area contributed by atoms with Crippen molar-refractivity contribution in [3.8, 4) is 5.75 Å². The minimum absolute atomic E-state index is 0.102. The molecule has 0 spiro atoms. The van der Waals surface area contributed by atoms with Crippen LogP contribution in [-0.2, 0) is 21.4 Å². The van der Waals surface area contributed by atoms with Crippen molar-refractivity contribution in [2.45, 2.75) is 37.3 Å². The van der Waals surface area contributed by atoms with E-state index in [1.165, 1.54) is 23.5 Å². The van der Waals surface area contributed by atoms with Crippen LogP contribution in [0, 0.1) is 12.8 Å². The van der Waals surface area contributed by atoms with Crippen molar-refractivity contribution in [2.24, 2.45) is 5.92 Å². The lowest BCUT2D eigenvalue weighted by Crippen LogP contribution is -2.47. The largest absolute Gasteiger partial charge is 0.489 e. The first-order valence-electron chi connectivity index (χ1n) is 11.0. The lowest BCUT2D eigenvalue weighted by molar-refractivity contribution is -0.135. The van der Waals surface area contributed by atoms with Gasteiger partial charge in [0.05, 0.1) is 16.3 Å². The van der Waals surface area contributed by atoms with Gasteiger partial charge in [-0.05, 0) is 56.2 Å². The SMILES string of the molecule is Cc1cc(COc2ccc(S(=O)(=O)N(C)C3CC=CCC3C(=O)NO)cc2)c2ccccc2n1. The maximum atomic E-state index is 13.2. The van der Waals surface area contributed by atoms with Gasteiger partial charge in [0.1, 0.15) is 12.4 Å². The second kappa shape index (κ2) is 9.92. The quantitative estimate of drug-likeness (QED) is 0.303. The molecule has 2 atom stereocenters. The van der Waals surface area contributed by atoms with Crippen LogP contribution in [0.15, 0.2) is 71.6 Å². The monoisotopic (exact) mass is 481 g/mol. The molecule has 1 aliphatic carbocycles. The summed E-state index contributed by atoms with van der Waals surface area (Å²) in [6, 6.07) is 15.5. The molecule has 9 heteroatoms. The number of para-hydroxylation sites is 1. The summed E-state index contributed by atoms with van der Waals surface area (Å²) in [5, 5.41) is 10.0.